The van der Waals surface area contributed by atoms with Gasteiger partial charge in [-0.25, -0.2) is 0 Å². The SMILES string of the molecule is CC(O)C1CNCC(C)N1C.Cl.Cl. The minimum Gasteiger partial charge on any atom is -0.392 e. The summed E-state index contributed by atoms with van der Waals surface area (Å²) in [6.07, 6.45) is -0.241. The predicted octanol–water partition coefficient (Wildman–Crippen LogP) is 0.503. The van der Waals surface area contributed by atoms with Crippen LogP contribution in [0, 0.1) is 0 Å². The number of aliphatic hydroxyl groups is 1. The van der Waals surface area contributed by atoms with Crippen LogP contribution in [-0.4, -0.2) is 48.3 Å². The van der Waals surface area contributed by atoms with Gasteiger partial charge in [0.15, 0.2) is 0 Å². The maximum atomic E-state index is 9.38. The lowest BCUT2D eigenvalue weighted by Crippen LogP contribution is -2.58. The first-order chi connectivity index (χ1) is 5.13. The van der Waals surface area contributed by atoms with Crippen LogP contribution in [0.15, 0.2) is 0 Å². The highest BCUT2D eigenvalue weighted by Crippen LogP contribution is 2.09. The summed E-state index contributed by atoms with van der Waals surface area (Å²) in [5.41, 5.74) is 0. The van der Waals surface area contributed by atoms with E-state index in [4.69, 9.17) is 0 Å². The maximum Gasteiger partial charge on any atom is 0.0679 e. The molecule has 82 valence electrons. The number of hydrogen-bond donors (Lipinski definition) is 2. The van der Waals surface area contributed by atoms with Gasteiger partial charge in [0.25, 0.3) is 0 Å². The van der Waals surface area contributed by atoms with Crippen molar-refractivity contribution in [3.05, 3.63) is 0 Å². The highest BCUT2D eigenvalue weighted by atomic mass is 35.5. The predicted molar refractivity (Wildman–Crippen MR) is 60.1 cm³/mol. The first kappa shape index (κ1) is 15.9. The summed E-state index contributed by atoms with van der Waals surface area (Å²) < 4.78 is 0. The van der Waals surface area contributed by atoms with E-state index in [2.05, 4.69) is 24.2 Å². The molecule has 0 bridgehead atoms. The van der Waals surface area contributed by atoms with Crippen molar-refractivity contribution in [2.75, 3.05) is 20.1 Å². The molecule has 1 aliphatic rings. The number of aliphatic hydroxyl groups excluding tert-OH is 1. The quantitative estimate of drug-likeness (QED) is 0.690. The molecule has 1 heterocycles. The van der Waals surface area contributed by atoms with E-state index < -0.39 is 0 Å². The van der Waals surface area contributed by atoms with Gasteiger partial charge in [0.2, 0.25) is 0 Å². The van der Waals surface area contributed by atoms with Gasteiger partial charge in [0, 0.05) is 25.2 Å². The van der Waals surface area contributed by atoms with E-state index in [1.54, 1.807) is 0 Å². The second-order valence-electron chi connectivity index (χ2n) is 3.48. The van der Waals surface area contributed by atoms with Gasteiger partial charge < -0.3 is 10.4 Å². The summed E-state index contributed by atoms with van der Waals surface area (Å²) in [4.78, 5) is 2.24. The minimum absolute atomic E-state index is 0. The summed E-state index contributed by atoms with van der Waals surface area (Å²) in [5, 5.41) is 12.7. The highest BCUT2D eigenvalue weighted by Gasteiger charge is 2.27. The Bertz CT molecular complexity index is 135. The number of piperazine rings is 1. The molecule has 0 spiro atoms. The van der Waals surface area contributed by atoms with Crippen LogP contribution in [0.25, 0.3) is 0 Å². The third-order valence-electron chi connectivity index (χ3n) is 2.57. The molecule has 0 aliphatic carbocycles. The molecule has 1 rings (SSSR count). The maximum absolute atomic E-state index is 9.38. The van der Waals surface area contributed by atoms with E-state index in [-0.39, 0.29) is 37.0 Å². The fraction of sp³-hybridized carbons (Fsp3) is 1.00. The Kier molecular flexibility index (Phi) is 8.38. The van der Waals surface area contributed by atoms with Crippen molar-refractivity contribution in [2.45, 2.75) is 32.0 Å². The first-order valence-corrected chi connectivity index (χ1v) is 4.23. The molecular weight excluding hydrogens is 211 g/mol. The van der Waals surface area contributed by atoms with Crippen molar-refractivity contribution >= 4 is 24.8 Å². The van der Waals surface area contributed by atoms with Gasteiger partial charge in [-0.3, -0.25) is 4.90 Å². The number of likely N-dealkylation sites (N-methyl/N-ethyl adjacent to an activating group) is 1. The van der Waals surface area contributed by atoms with Gasteiger partial charge in [-0.1, -0.05) is 0 Å². The fourth-order valence-corrected chi connectivity index (χ4v) is 1.57. The zero-order valence-corrected chi connectivity index (χ0v) is 9.99. The minimum atomic E-state index is -0.241. The molecule has 3 atom stereocenters. The van der Waals surface area contributed by atoms with Gasteiger partial charge in [-0.15, -0.1) is 24.8 Å². The van der Waals surface area contributed by atoms with Crippen molar-refractivity contribution in [2.24, 2.45) is 0 Å². The standard InChI is InChI=1S/C8H18N2O.2ClH/c1-6-4-9-5-8(7(2)11)10(6)3;;/h6-9,11H,4-5H2,1-3H3;2*1H. The monoisotopic (exact) mass is 230 g/mol. The Morgan fingerprint density at radius 3 is 2.31 bits per heavy atom. The van der Waals surface area contributed by atoms with Gasteiger partial charge in [0.1, 0.15) is 0 Å². The Hall–Kier alpha value is 0.460. The number of nitrogens with one attached hydrogen (secondary N) is 1. The molecule has 1 saturated heterocycles. The summed E-state index contributed by atoms with van der Waals surface area (Å²) in [6.45, 7) is 5.95. The lowest BCUT2D eigenvalue weighted by Gasteiger charge is -2.39. The summed E-state index contributed by atoms with van der Waals surface area (Å²) in [6, 6.07) is 0.807. The van der Waals surface area contributed by atoms with E-state index in [1.165, 1.54) is 0 Å². The van der Waals surface area contributed by atoms with Crippen LogP contribution < -0.4 is 5.32 Å². The molecule has 0 saturated carbocycles. The van der Waals surface area contributed by atoms with Crippen LogP contribution in [0.4, 0.5) is 0 Å². The summed E-state index contributed by atoms with van der Waals surface area (Å²) >= 11 is 0. The molecule has 0 aromatic rings. The third-order valence-corrected chi connectivity index (χ3v) is 2.57. The topological polar surface area (TPSA) is 35.5 Å². The molecule has 0 amide bonds. The second kappa shape index (κ2) is 6.85. The molecule has 13 heavy (non-hydrogen) atoms. The Morgan fingerprint density at radius 2 is 1.92 bits per heavy atom. The van der Waals surface area contributed by atoms with E-state index in [1.807, 2.05) is 6.92 Å². The van der Waals surface area contributed by atoms with Crippen molar-refractivity contribution in [3.63, 3.8) is 0 Å². The third kappa shape index (κ3) is 4.00. The van der Waals surface area contributed by atoms with Gasteiger partial charge >= 0.3 is 0 Å². The highest BCUT2D eigenvalue weighted by molar-refractivity contribution is 5.85. The van der Waals surface area contributed by atoms with Crippen LogP contribution in [0.1, 0.15) is 13.8 Å². The van der Waals surface area contributed by atoms with E-state index in [9.17, 15) is 5.11 Å². The Morgan fingerprint density at radius 1 is 1.38 bits per heavy atom. The molecule has 5 heteroatoms. The number of halogens is 2. The van der Waals surface area contributed by atoms with Gasteiger partial charge in [0.05, 0.1) is 6.10 Å². The molecule has 3 unspecified atom stereocenters. The smallest absolute Gasteiger partial charge is 0.0679 e. The molecule has 1 fully saturated rings. The average Bonchev–Trinajstić information content (AvgIpc) is 1.94. The summed E-state index contributed by atoms with van der Waals surface area (Å²) in [7, 11) is 2.07. The zero-order chi connectivity index (χ0) is 8.43. The molecule has 0 aromatic carbocycles. The van der Waals surface area contributed by atoms with Crippen molar-refractivity contribution < 1.29 is 5.11 Å². The normalized spacial score (nSPS) is 31.4. The largest absolute Gasteiger partial charge is 0.392 e. The van der Waals surface area contributed by atoms with E-state index >= 15 is 0 Å². The van der Waals surface area contributed by atoms with Crippen molar-refractivity contribution in [1.82, 2.24) is 10.2 Å². The van der Waals surface area contributed by atoms with Crippen molar-refractivity contribution in [3.8, 4) is 0 Å². The molecule has 3 nitrogen and oxygen atoms in total. The number of hydrogen-bond acceptors (Lipinski definition) is 3. The van der Waals surface area contributed by atoms with Crippen LogP contribution in [-0.2, 0) is 0 Å². The summed E-state index contributed by atoms with van der Waals surface area (Å²) in [5.74, 6) is 0. The first-order valence-electron chi connectivity index (χ1n) is 4.23. The van der Waals surface area contributed by atoms with Crippen LogP contribution in [0.2, 0.25) is 0 Å². The lowest BCUT2D eigenvalue weighted by molar-refractivity contribution is 0.0363. The Labute approximate surface area is 92.7 Å². The molecule has 0 aromatic heterocycles. The zero-order valence-electron chi connectivity index (χ0n) is 8.36. The van der Waals surface area contributed by atoms with Crippen LogP contribution >= 0.6 is 24.8 Å². The lowest BCUT2D eigenvalue weighted by atomic mass is 10.1. The molecule has 0 radical (unpaired) electrons. The van der Waals surface area contributed by atoms with E-state index in [0.29, 0.717) is 6.04 Å². The molecule has 1 aliphatic heterocycles. The average molecular weight is 231 g/mol. The number of rotatable bonds is 1. The van der Waals surface area contributed by atoms with Crippen LogP contribution in [0.3, 0.4) is 0 Å². The molecule has 2 N–H and O–H groups in total. The fourth-order valence-electron chi connectivity index (χ4n) is 1.57. The number of nitrogens with zero attached hydrogens (tertiary/aromatic N) is 1. The van der Waals surface area contributed by atoms with E-state index in [0.717, 1.165) is 13.1 Å². The van der Waals surface area contributed by atoms with Crippen LogP contribution in [0.5, 0.6) is 0 Å². The second-order valence-corrected chi connectivity index (χ2v) is 3.48. The molecular formula is C8H20Cl2N2O. The van der Waals surface area contributed by atoms with Gasteiger partial charge in [-0.2, -0.15) is 0 Å². The Balaban J connectivity index is 0. The van der Waals surface area contributed by atoms with Crippen molar-refractivity contribution in [1.29, 1.82) is 0 Å². The van der Waals surface area contributed by atoms with Gasteiger partial charge in [-0.05, 0) is 20.9 Å².